The maximum absolute atomic E-state index is 13.8. The molecule has 1 heterocycles. The molecule has 0 aliphatic heterocycles. The second kappa shape index (κ2) is 8.99. The molecule has 6 heteroatoms. The Bertz CT molecular complexity index is 981. The van der Waals surface area contributed by atoms with E-state index in [1.54, 1.807) is 0 Å². The number of rotatable bonds is 7. The molecule has 1 amide bonds. The molecule has 0 aliphatic rings. The highest BCUT2D eigenvalue weighted by Crippen LogP contribution is 2.24. The largest absolute Gasteiger partial charge is 0.441 e. The van der Waals surface area contributed by atoms with E-state index in [1.807, 2.05) is 19.1 Å². The van der Waals surface area contributed by atoms with Gasteiger partial charge >= 0.3 is 0 Å². The Morgan fingerprint density at radius 1 is 1.07 bits per heavy atom. The number of halogens is 2. The molecular formula is C23H24F2N2O2. The molecule has 3 aromatic rings. The quantitative estimate of drug-likeness (QED) is 0.567. The average Bonchev–Trinajstić information content (AvgIpc) is 3.15. The lowest BCUT2D eigenvalue weighted by atomic mass is 9.99. The van der Waals surface area contributed by atoms with Gasteiger partial charge in [-0.3, -0.25) is 4.79 Å². The molecular weight excluding hydrogens is 374 g/mol. The minimum atomic E-state index is -0.720. The Morgan fingerprint density at radius 2 is 1.76 bits per heavy atom. The van der Waals surface area contributed by atoms with Crippen molar-refractivity contribution in [3.05, 3.63) is 77.3 Å². The summed E-state index contributed by atoms with van der Waals surface area (Å²) in [6.45, 7) is 6.21. The van der Waals surface area contributed by atoms with E-state index in [2.05, 4.69) is 36.3 Å². The molecule has 0 radical (unpaired) electrons. The monoisotopic (exact) mass is 398 g/mol. The molecule has 0 aliphatic carbocycles. The lowest BCUT2D eigenvalue weighted by Crippen LogP contribution is -2.26. The summed E-state index contributed by atoms with van der Waals surface area (Å²) < 4.78 is 32.4. The van der Waals surface area contributed by atoms with Gasteiger partial charge in [-0.05, 0) is 36.1 Å². The number of hydrogen-bond acceptors (Lipinski definition) is 3. The fourth-order valence-corrected chi connectivity index (χ4v) is 3.03. The van der Waals surface area contributed by atoms with Gasteiger partial charge in [-0.25, -0.2) is 13.8 Å². The van der Waals surface area contributed by atoms with E-state index in [0.717, 1.165) is 17.7 Å². The van der Waals surface area contributed by atoms with Gasteiger partial charge in [0.1, 0.15) is 11.6 Å². The molecule has 1 N–H and O–H groups in total. The molecule has 0 spiro atoms. The van der Waals surface area contributed by atoms with Crippen LogP contribution in [0.4, 0.5) is 8.78 Å². The van der Waals surface area contributed by atoms with Crippen molar-refractivity contribution in [1.29, 1.82) is 0 Å². The fraction of sp³-hybridized carbons (Fsp3) is 0.304. The van der Waals surface area contributed by atoms with Crippen molar-refractivity contribution in [2.75, 3.05) is 0 Å². The second-order valence-electron chi connectivity index (χ2n) is 7.35. The maximum atomic E-state index is 13.8. The van der Waals surface area contributed by atoms with Crippen LogP contribution in [0.2, 0.25) is 0 Å². The van der Waals surface area contributed by atoms with E-state index in [4.69, 9.17) is 4.42 Å². The van der Waals surface area contributed by atoms with Crippen LogP contribution in [0.1, 0.15) is 56.2 Å². The van der Waals surface area contributed by atoms with Crippen molar-refractivity contribution in [3.63, 3.8) is 0 Å². The van der Waals surface area contributed by atoms with Crippen molar-refractivity contribution < 1.29 is 18.0 Å². The molecule has 4 nitrogen and oxygen atoms in total. The zero-order chi connectivity index (χ0) is 21.0. The maximum Gasteiger partial charge on any atom is 0.220 e. The predicted molar refractivity (Wildman–Crippen MR) is 107 cm³/mol. The third-order valence-electron chi connectivity index (χ3n) is 4.80. The number of amides is 1. The molecule has 0 saturated heterocycles. The Kier molecular flexibility index (Phi) is 6.42. The summed E-state index contributed by atoms with van der Waals surface area (Å²) in [5, 5.41) is 2.96. The van der Waals surface area contributed by atoms with Crippen LogP contribution in [-0.4, -0.2) is 10.9 Å². The number of hydrogen-bond donors (Lipinski definition) is 1. The Hall–Kier alpha value is -3.02. The van der Waals surface area contributed by atoms with Gasteiger partial charge in [0.2, 0.25) is 5.91 Å². The first-order valence-electron chi connectivity index (χ1n) is 9.63. The number of nitrogens with one attached hydrogen (secondary N) is 1. The van der Waals surface area contributed by atoms with Crippen molar-refractivity contribution in [3.8, 4) is 11.3 Å². The van der Waals surface area contributed by atoms with E-state index >= 15 is 0 Å². The van der Waals surface area contributed by atoms with E-state index in [-0.39, 0.29) is 36.1 Å². The summed E-state index contributed by atoms with van der Waals surface area (Å²) >= 11 is 0. The average molecular weight is 398 g/mol. The number of aryl methyl sites for hydroxylation is 1. The number of nitrogens with zero attached hydrogens (tertiary/aromatic N) is 1. The lowest BCUT2D eigenvalue weighted by molar-refractivity contribution is -0.121. The molecule has 0 saturated carbocycles. The molecule has 2 aromatic carbocycles. The third kappa shape index (κ3) is 5.28. The summed E-state index contributed by atoms with van der Waals surface area (Å²) in [5.74, 6) is -0.510. The molecule has 0 fully saturated rings. The van der Waals surface area contributed by atoms with Gasteiger partial charge < -0.3 is 9.73 Å². The summed E-state index contributed by atoms with van der Waals surface area (Å²) in [6, 6.07) is 11.3. The van der Waals surface area contributed by atoms with E-state index < -0.39 is 11.6 Å². The molecule has 3 rings (SSSR count). The Morgan fingerprint density at radius 3 is 2.41 bits per heavy atom. The van der Waals surface area contributed by atoms with Crippen molar-refractivity contribution in [2.24, 2.45) is 0 Å². The summed E-state index contributed by atoms with van der Waals surface area (Å²) in [6.07, 6.45) is 1.86. The minimum Gasteiger partial charge on any atom is -0.441 e. The van der Waals surface area contributed by atoms with E-state index in [1.165, 1.54) is 17.8 Å². The molecule has 0 bridgehead atoms. The number of oxazole rings is 1. The zero-order valence-electron chi connectivity index (χ0n) is 16.7. The van der Waals surface area contributed by atoms with Crippen LogP contribution in [0, 0.1) is 11.6 Å². The normalized spacial score (nSPS) is 12.2. The number of carbonyl (C=O) groups is 1. The molecule has 0 unspecified atom stereocenters. The highest BCUT2D eigenvalue weighted by atomic mass is 19.1. The van der Waals surface area contributed by atoms with Crippen LogP contribution >= 0.6 is 0 Å². The van der Waals surface area contributed by atoms with Crippen molar-refractivity contribution in [1.82, 2.24) is 10.3 Å². The summed E-state index contributed by atoms with van der Waals surface area (Å²) in [5.41, 5.74) is 2.42. The summed E-state index contributed by atoms with van der Waals surface area (Å²) in [7, 11) is 0. The van der Waals surface area contributed by atoms with Crippen LogP contribution in [0.5, 0.6) is 0 Å². The Balaban J connectivity index is 1.55. The van der Waals surface area contributed by atoms with Gasteiger partial charge in [0.05, 0.1) is 17.8 Å². The van der Waals surface area contributed by atoms with Gasteiger partial charge in [-0.2, -0.15) is 0 Å². The highest BCUT2D eigenvalue weighted by Gasteiger charge is 2.14. The van der Waals surface area contributed by atoms with Crippen LogP contribution in [0.25, 0.3) is 11.3 Å². The number of aromatic nitrogens is 1. The molecule has 1 atom stereocenters. The topological polar surface area (TPSA) is 55.1 Å². The highest BCUT2D eigenvalue weighted by molar-refractivity contribution is 5.76. The second-order valence-corrected chi connectivity index (χ2v) is 7.35. The minimum absolute atomic E-state index is 0.114. The van der Waals surface area contributed by atoms with Crippen molar-refractivity contribution >= 4 is 5.91 Å². The van der Waals surface area contributed by atoms with Crippen LogP contribution in [0.15, 0.2) is 53.1 Å². The number of carbonyl (C=O) groups excluding carboxylic acids is 1. The first-order valence-corrected chi connectivity index (χ1v) is 9.63. The van der Waals surface area contributed by atoms with Crippen LogP contribution < -0.4 is 5.32 Å². The number of benzene rings is 2. The molecule has 1 aromatic heterocycles. The van der Waals surface area contributed by atoms with Crippen LogP contribution in [0.3, 0.4) is 0 Å². The summed E-state index contributed by atoms with van der Waals surface area (Å²) in [4.78, 5) is 16.3. The van der Waals surface area contributed by atoms with Gasteiger partial charge in [-0.15, -0.1) is 0 Å². The van der Waals surface area contributed by atoms with Gasteiger partial charge in [0, 0.05) is 18.9 Å². The zero-order valence-corrected chi connectivity index (χ0v) is 16.7. The standard InChI is InChI=1S/C23H24F2N2O2/c1-14(2)16-4-6-17(7-5-16)15(3)27-22(28)10-11-23-26-13-21(29-23)19-9-8-18(24)12-20(19)25/h4-9,12-15H,10-11H2,1-3H3,(H,27,28)/t15-/m0/s1. The first-order chi connectivity index (χ1) is 13.8. The predicted octanol–water partition coefficient (Wildman–Crippen LogP) is 5.55. The molecule has 152 valence electrons. The van der Waals surface area contributed by atoms with E-state index in [0.29, 0.717) is 11.8 Å². The first kappa shape index (κ1) is 20.7. The van der Waals surface area contributed by atoms with Gasteiger partial charge in [0.15, 0.2) is 11.7 Å². The van der Waals surface area contributed by atoms with E-state index in [9.17, 15) is 13.6 Å². The smallest absolute Gasteiger partial charge is 0.220 e. The SMILES string of the molecule is CC(C)c1ccc([C@H](C)NC(=O)CCc2ncc(-c3ccc(F)cc3F)o2)cc1. The van der Waals surface area contributed by atoms with Crippen molar-refractivity contribution in [2.45, 2.75) is 45.6 Å². The van der Waals surface area contributed by atoms with Gasteiger partial charge in [-0.1, -0.05) is 38.1 Å². The third-order valence-corrected chi connectivity index (χ3v) is 4.80. The fourth-order valence-electron chi connectivity index (χ4n) is 3.03. The Labute approximate surface area is 169 Å². The van der Waals surface area contributed by atoms with Crippen LogP contribution in [-0.2, 0) is 11.2 Å². The lowest BCUT2D eigenvalue weighted by Gasteiger charge is -2.15. The molecule has 29 heavy (non-hydrogen) atoms. The van der Waals surface area contributed by atoms with Gasteiger partial charge in [0.25, 0.3) is 0 Å².